The summed E-state index contributed by atoms with van der Waals surface area (Å²) in [5.74, 6) is 1.04. The molecule has 0 aliphatic carbocycles. The van der Waals surface area contributed by atoms with Gasteiger partial charge in [0.05, 0.1) is 10.6 Å². The second-order valence-corrected chi connectivity index (χ2v) is 7.12. The summed E-state index contributed by atoms with van der Waals surface area (Å²) in [5.41, 5.74) is 0.281. The van der Waals surface area contributed by atoms with E-state index in [1.165, 1.54) is 0 Å². The van der Waals surface area contributed by atoms with Gasteiger partial charge in [-0.05, 0) is 30.5 Å². The van der Waals surface area contributed by atoms with Gasteiger partial charge in [0.25, 0.3) is 0 Å². The molecule has 0 amide bonds. The summed E-state index contributed by atoms with van der Waals surface area (Å²) in [6.07, 6.45) is 1.53. The highest BCUT2D eigenvalue weighted by Crippen LogP contribution is 2.34. The van der Waals surface area contributed by atoms with Crippen LogP contribution in [-0.2, 0) is 12.6 Å². The highest BCUT2D eigenvalue weighted by atomic mass is 127. The lowest BCUT2D eigenvalue weighted by Crippen LogP contribution is -2.45. The van der Waals surface area contributed by atoms with Gasteiger partial charge in [0.2, 0.25) is 0 Å². The van der Waals surface area contributed by atoms with Crippen molar-refractivity contribution in [2.75, 3.05) is 31.6 Å². The summed E-state index contributed by atoms with van der Waals surface area (Å²) >= 11 is 6.06. The Morgan fingerprint density at radius 3 is 2.80 bits per heavy atom. The minimum Gasteiger partial charge on any atom is -0.356 e. The van der Waals surface area contributed by atoms with Crippen LogP contribution < -0.4 is 15.5 Å². The average Bonchev–Trinajstić information content (AvgIpc) is 3.15. The molecule has 3 heterocycles. The topological polar surface area (TPSA) is 65.4 Å². The van der Waals surface area contributed by atoms with E-state index in [0.717, 1.165) is 30.7 Å². The predicted molar refractivity (Wildman–Crippen MR) is 123 cm³/mol. The molecule has 1 atom stereocenters. The molecule has 2 aromatic heterocycles. The number of anilines is 1. The lowest BCUT2D eigenvalue weighted by atomic mass is 10.2. The van der Waals surface area contributed by atoms with E-state index in [-0.39, 0.29) is 35.0 Å². The zero-order valence-corrected chi connectivity index (χ0v) is 19.4. The smallest absolute Gasteiger partial charge is 0.356 e. The molecule has 1 saturated heterocycles. The number of alkyl halides is 3. The first kappa shape index (κ1) is 24.4. The third-order valence-electron chi connectivity index (χ3n) is 4.63. The Hall–Kier alpha value is -1.82. The summed E-state index contributed by atoms with van der Waals surface area (Å²) in [4.78, 5) is 14.1. The summed E-state index contributed by atoms with van der Waals surface area (Å²) in [7, 11) is 1.69. The minimum absolute atomic E-state index is 0. The van der Waals surface area contributed by atoms with Crippen LogP contribution >= 0.6 is 35.6 Å². The van der Waals surface area contributed by atoms with Crippen molar-refractivity contribution < 1.29 is 13.2 Å². The van der Waals surface area contributed by atoms with Crippen molar-refractivity contribution in [1.82, 2.24) is 20.6 Å². The largest absolute Gasteiger partial charge is 0.417 e. The maximum Gasteiger partial charge on any atom is 0.417 e. The fourth-order valence-electron chi connectivity index (χ4n) is 3.15. The zero-order valence-electron chi connectivity index (χ0n) is 16.3. The number of nitrogens with one attached hydrogen (secondary N) is 2. The van der Waals surface area contributed by atoms with Crippen LogP contribution in [-0.4, -0.2) is 48.7 Å². The van der Waals surface area contributed by atoms with Gasteiger partial charge in [0, 0.05) is 51.3 Å². The monoisotopic (exact) mass is 554 g/mol. The Bertz CT molecular complexity index is 850. The van der Waals surface area contributed by atoms with Crippen LogP contribution in [0.3, 0.4) is 0 Å². The zero-order chi connectivity index (χ0) is 20.9. The van der Waals surface area contributed by atoms with Gasteiger partial charge in [-0.15, -0.1) is 24.0 Å². The minimum atomic E-state index is -4.46. The highest BCUT2D eigenvalue weighted by Gasteiger charge is 2.33. The number of halogens is 5. The predicted octanol–water partition coefficient (Wildman–Crippen LogP) is 3.75. The van der Waals surface area contributed by atoms with E-state index >= 15 is 0 Å². The Morgan fingerprint density at radius 1 is 1.37 bits per heavy atom. The highest BCUT2D eigenvalue weighted by molar-refractivity contribution is 14.0. The number of hydrogen-bond acceptors (Lipinski definition) is 4. The fraction of sp³-hybridized carbons (Fsp3) is 0.421. The number of pyridine rings is 2. The molecule has 6 nitrogen and oxygen atoms in total. The third kappa shape index (κ3) is 6.59. The number of guanidine groups is 1. The maximum absolute atomic E-state index is 12.8. The van der Waals surface area contributed by atoms with E-state index in [2.05, 4.69) is 25.6 Å². The van der Waals surface area contributed by atoms with Gasteiger partial charge in [0.1, 0.15) is 5.82 Å². The molecular formula is C19H23ClF3IN6. The van der Waals surface area contributed by atoms with Gasteiger partial charge in [0.15, 0.2) is 5.96 Å². The van der Waals surface area contributed by atoms with E-state index in [0.29, 0.717) is 31.4 Å². The molecule has 11 heteroatoms. The average molecular weight is 555 g/mol. The molecule has 1 aliphatic heterocycles. The van der Waals surface area contributed by atoms with Crippen molar-refractivity contribution in [2.24, 2.45) is 4.99 Å². The molecule has 1 unspecified atom stereocenters. The lowest BCUT2D eigenvalue weighted by Gasteiger charge is -2.21. The molecular weight excluding hydrogens is 532 g/mol. The van der Waals surface area contributed by atoms with E-state index in [9.17, 15) is 13.2 Å². The van der Waals surface area contributed by atoms with E-state index in [1.807, 2.05) is 23.2 Å². The van der Waals surface area contributed by atoms with Crippen molar-refractivity contribution in [1.29, 1.82) is 0 Å². The van der Waals surface area contributed by atoms with Crippen molar-refractivity contribution >= 4 is 47.4 Å². The number of aromatic nitrogens is 2. The van der Waals surface area contributed by atoms with Crippen LogP contribution in [0.25, 0.3) is 0 Å². The molecule has 0 radical (unpaired) electrons. The van der Waals surface area contributed by atoms with E-state index in [1.54, 1.807) is 13.2 Å². The number of hydrogen-bond donors (Lipinski definition) is 2. The molecule has 30 heavy (non-hydrogen) atoms. The molecule has 2 aromatic rings. The van der Waals surface area contributed by atoms with Gasteiger partial charge in [-0.3, -0.25) is 9.98 Å². The molecule has 164 valence electrons. The summed E-state index contributed by atoms with van der Waals surface area (Å²) in [5, 5.41) is 6.60. The molecule has 1 fully saturated rings. The second kappa shape index (κ2) is 11.0. The first-order valence-corrected chi connectivity index (χ1v) is 9.58. The van der Waals surface area contributed by atoms with E-state index < -0.39 is 11.7 Å². The lowest BCUT2D eigenvalue weighted by molar-refractivity contribution is -0.137. The Kier molecular flexibility index (Phi) is 8.95. The molecule has 0 aromatic carbocycles. The van der Waals surface area contributed by atoms with Gasteiger partial charge < -0.3 is 15.5 Å². The van der Waals surface area contributed by atoms with Crippen LogP contribution in [0.15, 0.2) is 41.8 Å². The van der Waals surface area contributed by atoms with Crippen LogP contribution in [0.4, 0.5) is 19.0 Å². The SMILES string of the molecule is CN=C(NCCc1cccnc1)NC1CCN(c2ncc(C(F)(F)F)cc2Cl)C1.I. The van der Waals surface area contributed by atoms with Crippen LogP contribution in [0.2, 0.25) is 5.02 Å². The third-order valence-corrected chi connectivity index (χ3v) is 4.91. The molecule has 3 rings (SSSR count). The Balaban J connectivity index is 0.00000320. The van der Waals surface area contributed by atoms with Gasteiger partial charge in [-0.25, -0.2) is 4.98 Å². The van der Waals surface area contributed by atoms with Crippen molar-refractivity contribution in [2.45, 2.75) is 25.1 Å². The van der Waals surface area contributed by atoms with Crippen molar-refractivity contribution in [3.8, 4) is 0 Å². The maximum atomic E-state index is 12.8. The quantitative estimate of drug-likeness (QED) is 0.335. The molecule has 2 N–H and O–H groups in total. The summed E-state index contributed by atoms with van der Waals surface area (Å²) in [6.45, 7) is 1.91. The number of aliphatic imine (C=N–C) groups is 1. The van der Waals surface area contributed by atoms with Gasteiger partial charge in [-0.2, -0.15) is 13.2 Å². The normalized spacial score (nSPS) is 16.9. The molecule has 0 bridgehead atoms. The molecule has 0 spiro atoms. The fourth-order valence-corrected chi connectivity index (χ4v) is 3.43. The second-order valence-electron chi connectivity index (χ2n) is 6.71. The number of nitrogens with zero attached hydrogens (tertiary/aromatic N) is 4. The number of rotatable bonds is 5. The van der Waals surface area contributed by atoms with Gasteiger partial charge in [-0.1, -0.05) is 17.7 Å². The van der Waals surface area contributed by atoms with Crippen molar-refractivity contribution in [3.63, 3.8) is 0 Å². The first-order chi connectivity index (χ1) is 13.9. The Morgan fingerprint density at radius 2 is 2.17 bits per heavy atom. The summed E-state index contributed by atoms with van der Waals surface area (Å²) < 4.78 is 38.4. The molecule has 0 saturated carbocycles. The van der Waals surface area contributed by atoms with Crippen LogP contribution in [0, 0.1) is 0 Å². The van der Waals surface area contributed by atoms with Crippen molar-refractivity contribution in [3.05, 3.63) is 52.9 Å². The van der Waals surface area contributed by atoms with E-state index in [4.69, 9.17) is 11.6 Å². The summed E-state index contributed by atoms with van der Waals surface area (Å²) in [6, 6.07) is 4.92. The van der Waals surface area contributed by atoms with Crippen LogP contribution in [0.1, 0.15) is 17.5 Å². The van der Waals surface area contributed by atoms with Gasteiger partial charge >= 0.3 is 6.18 Å². The first-order valence-electron chi connectivity index (χ1n) is 9.20. The molecule has 1 aliphatic rings. The Labute approximate surface area is 195 Å². The standard InChI is InChI=1S/C19H22ClF3N6.HI/c1-24-18(26-7-4-13-3-2-6-25-10-13)28-15-5-8-29(12-15)17-16(20)9-14(11-27-17)19(21,22)23;/h2-3,6,9-11,15H,4-5,7-8,12H2,1H3,(H2,24,26,28);1H. The van der Waals surface area contributed by atoms with Crippen LogP contribution in [0.5, 0.6) is 0 Å².